The summed E-state index contributed by atoms with van der Waals surface area (Å²) in [6.07, 6.45) is 0. The van der Waals surface area contributed by atoms with Crippen molar-refractivity contribution in [3.05, 3.63) is 80.4 Å². The number of benzene rings is 1. The third kappa shape index (κ3) is 3.91. The van der Waals surface area contributed by atoms with E-state index in [0.29, 0.717) is 16.1 Å². The predicted octanol–water partition coefficient (Wildman–Crippen LogP) is 3.98. The summed E-state index contributed by atoms with van der Waals surface area (Å²) in [5.41, 5.74) is 2.39. The topological polar surface area (TPSA) is 66.3 Å². The third-order valence-corrected chi connectivity index (χ3v) is 4.26. The number of aryl methyl sites for hydroxylation is 1. The standard InChI is InChI=1S/C19H17BrN2O3/c1-12-4-3-5-13(10-12)16-8-7-15(18(23)21-16)19(24)22(2)11-14-6-9-17(20)25-14/h3-10H,11H2,1-2H3,(H,21,23). The number of carbonyl (C=O) groups excluding carboxylic acids is 1. The van der Waals surface area contributed by atoms with Crippen LogP contribution in [0, 0.1) is 6.92 Å². The Kier molecular flexibility index (Phi) is 4.90. The molecule has 128 valence electrons. The number of amides is 1. The van der Waals surface area contributed by atoms with Crippen LogP contribution in [0.15, 0.2) is 62.4 Å². The molecule has 0 aliphatic carbocycles. The molecule has 2 heterocycles. The van der Waals surface area contributed by atoms with Gasteiger partial charge in [-0.15, -0.1) is 0 Å². The molecular weight excluding hydrogens is 384 g/mol. The van der Waals surface area contributed by atoms with E-state index in [9.17, 15) is 9.59 Å². The van der Waals surface area contributed by atoms with E-state index in [0.717, 1.165) is 11.1 Å². The molecule has 6 heteroatoms. The molecule has 0 unspecified atom stereocenters. The first-order chi connectivity index (χ1) is 11.9. The highest BCUT2D eigenvalue weighted by Crippen LogP contribution is 2.18. The highest BCUT2D eigenvalue weighted by molar-refractivity contribution is 9.10. The first-order valence-corrected chi connectivity index (χ1v) is 8.53. The van der Waals surface area contributed by atoms with Crippen LogP contribution in [0.2, 0.25) is 0 Å². The molecule has 0 spiro atoms. The van der Waals surface area contributed by atoms with Gasteiger partial charge in [-0.25, -0.2) is 0 Å². The zero-order valence-corrected chi connectivity index (χ0v) is 15.5. The van der Waals surface area contributed by atoms with E-state index in [4.69, 9.17) is 4.42 Å². The third-order valence-electron chi connectivity index (χ3n) is 3.84. The number of hydrogen-bond acceptors (Lipinski definition) is 3. The number of aromatic amines is 1. The number of pyridine rings is 1. The van der Waals surface area contributed by atoms with Crippen molar-refractivity contribution >= 4 is 21.8 Å². The average molecular weight is 401 g/mol. The van der Waals surface area contributed by atoms with Crippen molar-refractivity contribution in [3.63, 3.8) is 0 Å². The molecule has 0 aliphatic rings. The van der Waals surface area contributed by atoms with Crippen molar-refractivity contribution in [2.24, 2.45) is 0 Å². The summed E-state index contributed by atoms with van der Waals surface area (Å²) in [5.74, 6) is 0.278. The van der Waals surface area contributed by atoms with Crippen molar-refractivity contribution < 1.29 is 9.21 Å². The monoisotopic (exact) mass is 400 g/mol. The molecular formula is C19H17BrN2O3. The van der Waals surface area contributed by atoms with Crippen LogP contribution in [0.3, 0.4) is 0 Å². The van der Waals surface area contributed by atoms with E-state index in [1.807, 2.05) is 31.2 Å². The molecule has 0 atom stereocenters. The number of nitrogens with zero attached hydrogens (tertiary/aromatic N) is 1. The second kappa shape index (κ2) is 7.11. The molecule has 1 N–H and O–H groups in total. The molecule has 3 rings (SSSR count). The van der Waals surface area contributed by atoms with Gasteiger partial charge in [0.1, 0.15) is 11.3 Å². The first-order valence-electron chi connectivity index (χ1n) is 7.74. The largest absolute Gasteiger partial charge is 0.452 e. The molecule has 0 radical (unpaired) electrons. The molecule has 0 saturated carbocycles. The number of carbonyl (C=O) groups is 1. The van der Waals surface area contributed by atoms with Crippen LogP contribution in [-0.4, -0.2) is 22.8 Å². The van der Waals surface area contributed by atoms with E-state index < -0.39 is 5.56 Å². The molecule has 3 aromatic rings. The van der Waals surface area contributed by atoms with E-state index >= 15 is 0 Å². The Hall–Kier alpha value is -2.60. The highest BCUT2D eigenvalue weighted by Gasteiger charge is 2.17. The van der Waals surface area contributed by atoms with Gasteiger partial charge in [0.2, 0.25) is 0 Å². The number of rotatable bonds is 4. The minimum atomic E-state index is -0.406. The molecule has 0 saturated heterocycles. The van der Waals surface area contributed by atoms with Crippen LogP contribution in [0.4, 0.5) is 0 Å². The quantitative estimate of drug-likeness (QED) is 0.719. The van der Waals surface area contributed by atoms with Gasteiger partial charge in [0.15, 0.2) is 4.67 Å². The van der Waals surface area contributed by atoms with Crippen LogP contribution in [0.5, 0.6) is 0 Å². The summed E-state index contributed by atoms with van der Waals surface area (Å²) in [6, 6.07) is 14.7. The summed E-state index contributed by atoms with van der Waals surface area (Å²) in [5, 5.41) is 0. The fourth-order valence-corrected chi connectivity index (χ4v) is 2.91. The Balaban J connectivity index is 1.82. The van der Waals surface area contributed by atoms with Crippen LogP contribution >= 0.6 is 15.9 Å². The van der Waals surface area contributed by atoms with Crippen LogP contribution in [0.1, 0.15) is 21.7 Å². The lowest BCUT2D eigenvalue weighted by atomic mass is 10.1. The van der Waals surface area contributed by atoms with E-state index in [1.54, 1.807) is 31.3 Å². The maximum absolute atomic E-state index is 12.5. The van der Waals surface area contributed by atoms with E-state index in [-0.39, 0.29) is 18.0 Å². The molecule has 0 bridgehead atoms. The molecule has 2 aromatic heterocycles. The molecule has 1 aromatic carbocycles. The molecule has 1 amide bonds. The lowest BCUT2D eigenvalue weighted by molar-refractivity contribution is 0.0773. The van der Waals surface area contributed by atoms with Gasteiger partial charge in [0, 0.05) is 12.7 Å². The average Bonchev–Trinajstić information content (AvgIpc) is 2.99. The Morgan fingerprint density at radius 1 is 1.20 bits per heavy atom. The summed E-state index contributed by atoms with van der Waals surface area (Å²) >= 11 is 3.23. The normalized spacial score (nSPS) is 10.7. The van der Waals surface area contributed by atoms with Gasteiger partial charge in [-0.2, -0.15) is 0 Å². The van der Waals surface area contributed by atoms with Crippen LogP contribution < -0.4 is 5.56 Å². The van der Waals surface area contributed by atoms with Crippen LogP contribution in [0.25, 0.3) is 11.3 Å². The number of furan rings is 1. The van der Waals surface area contributed by atoms with Gasteiger partial charge >= 0.3 is 0 Å². The molecule has 0 aliphatic heterocycles. The SMILES string of the molecule is Cc1cccc(-c2ccc(C(=O)N(C)Cc3ccc(Br)o3)c(=O)[nH]2)c1. The van der Waals surface area contributed by atoms with Crippen molar-refractivity contribution in [3.8, 4) is 11.3 Å². The Bertz CT molecular complexity index is 975. The maximum atomic E-state index is 12.5. The first kappa shape index (κ1) is 17.2. The summed E-state index contributed by atoms with van der Waals surface area (Å²) < 4.78 is 6.00. The summed E-state index contributed by atoms with van der Waals surface area (Å²) in [4.78, 5) is 29.1. The second-order valence-electron chi connectivity index (χ2n) is 5.85. The van der Waals surface area contributed by atoms with Gasteiger partial charge < -0.3 is 14.3 Å². The zero-order chi connectivity index (χ0) is 18.0. The van der Waals surface area contributed by atoms with Gasteiger partial charge in [-0.3, -0.25) is 9.59 Å². The molecule has 25 heavy (non-hydrogen) atoms. The fraction of sp³-hybridized carbons (Fsp3) is 0.158. The van der Waals surface area contributed by atoms with Gasteiger partial charge in [-0.1, -0.05) is 23.8 Å². The highest BCUT2D eigenvalue weighted by atomic mass is 79.9. The number of aromatic nitrogens is 1. The molecule has 0 fully saturated rings. The van der Waals surface area contributed by atoms with E-state index in [1.165, 1.54) is 4.90 Å². The van der Waals surface area contributed by atoms with Gasteiger partial charge in [0.25, 0.3) is 11.5 Å². The van der Waals surface area contributed by atoms with Crippen LogP contribution in [-0.2, 0) is 6.54 Å². The minimum Gasteiger partial charge on any atom is -0.452 e. The molecule has 5 nitrogen and oxygen atoms in total. The summed E-state index contributed by atoms with van der Waals surface area (Å²) in [6.45, 7) is 2.27. The predicted molar refractivity (Wildman–Crippen MR) is 99.4 cm³/mol. The summed E-state index contributed by atoms with van der Waals surface area (Å²) in [7, 11) is 1.63. The number of nitrogens with one attached hydrogen (secondary N) is 1. The Morgan fingerprint density at radius 2 is 2.00 bits per heavy atom. The maximum Gasteiger partial charge on any atom is 0.261 e. The minimum absolute atomic E-state index is 0.101. The second-order valence-corrected chi connectivity index (χ2v) is 6.63. The lowest BCUT2D eigenvalue weighted by Crippen LogP contribution is -2.31. The van der Waals surface area contributed by atoms with Gasteiger partial charge in [0.05, 0.1) is 6.54 Å². The number of H-pyrrole nitrogens is 1. The van der Waals surface area contributed by atoms with Crippen molar-refractivity contribution in [2.75, 3.05) is 7.05 Å². The van der Waals surface area contributed by atoms with Crippen molar-refractivity contribution in [2.45, 2.75) is 13.5 Å². The van der Waals surface area contributed by atoms with E-state index in [2.05, 4.69) is 20.9 Å². The van der Waals surface area contributed by atoms with Gasteiger partial charge in [-0.05, 0) is 58.7 Å². The lowest BCUT2D eigenvalue weighted by Gasteiger charge is -2.15. The Morgan fingerprint density at radius 3 is 2.64 bits per heavy atom. The number of halogens is 1. The van der Waals surface area contributed by atoms with Crippen molar-refractivity contribution in [1.82, 2.24) is 9.88 Å². The zero-order valence-electron chi connectivity index (χ0n) is 13.9. The Labute approximate surface area is 153 Å². The smallest absolute Gasteiger partial charge is 0.261 e. The fourth-order valence-electron chi connectivity index (χ4n) is 2.57. The van der Waals surface area contributed by atoms with Crippen molar-refractivity contribution in [1.29, 1.82) is 0 Å². The number of hydrogen-bond donors (Lipinski definition) is 1.